The summed E-state index contributed by atoms with van der Waals surface area (Å²) in [5.74, 6) is -1.45. The van der Waals surface area contributed by atoms with Gasteiger partial charge in [0, 0.05) is 30.7 Å². The number of aromatic nitrogens is 3. The van der Waals surface area contributed by atoms with E-state index < -0.39 is 47.5 Å². The zero-order chi connectivity index (χ0) is 28.5. The highest BCUT2D eigenvalue weighted by molar-refractivity contribution is 6.05. The molecule has 0 atom stereocenters. The number of likely N-dealkylation sites (tertiary alicyclic amines) is 1. The molecule has 0 unspecified atom stereocenters. The summed E-state index contributed by atoms with van der Waals surface area (Å²) < 4.78 is 76.8. The van der Waals surface area contributed by atoms with Crippen molar-refractivity contribution in [2.75, 3.05) is 18.4 Å². The van der Waals surface area contributed by atoms with Gasteiger partial charge in [0.1, 0.15) is 17.0 Å². The molecule has 0 aliphatic carbocycles. The number of amides is 2. The van der Waals surface area contributed by atoms with Crippen LogP contribution in [0.25, 0.3) is 10.9 Å². The van der Waals surface area contributed by atoms with E-state index in [1.165, 1.54) is 12.1 Å². The molecule has 1 aliphatic heterocycles. The van der Waals surface area contributed by atoms with Crippen LogP contribution in [0, 0.1) is 0 Å². The Morgan fingerprint density at radius 1 is 1.10 bits per heavy atom. The van der Waals surface area contributed by atoms with Gasteiger partial charge in [0.25, 0.3) is 5.91 Å². The summed E-state index contributed by atoms with van der Waals surface area (Å²) in [7, 11) is 0. The SMILES string of the molecule is CC(C)(C)OC(=O)N1CCC(n2cc3cc(NC(=O)c4cccc(C(F)(F)F)n4)c(OC(F)F)cc3n2)CC1. The number of ether oxygens (including phenoxy) is 2. The van der Waals surface area contributed by atoms with Crippen molar-refractivity contribution in [1.82, 2.24) is 19.7 Å². The molecule has 0 spiro atoms. The van der Waals surface area contributed by atoms with Gasteiger partial charge < -0.3 is 19.7 Å². The topological polar surface area (TPSA) is 98.6 Å². The van der Waals surface area contributed by atoms with E-state index in [2.05, 4.69) is 20.1 Å². The van der Waals surface area contributed by atoms with Crippen molar-refractivity contribution < 1.29 is 41.0 Å². The standard InChI is InChI=1S/C25H26F5N5O4/c1-24(2,3)39-23(37)34-9-7-15(8-10-34)35-13-14-11-18(19(38-22(26)27)12-17(14)33-35)32-21(36)16-5-4-6-20(31-16)25(28,29)30/h4-6,11-13,15,22H,7-10H2,1-3H3,(H,32,36). The number of alkyl halides is 5. The Labute approximate surface area is 219 Å². The fourth-order valence-corrected chi connectivity index (χ4v) is 4.09. The quantitative estimate of drug-likeness (QED) is 0.395. The van der Waals surface area contributed by atoms with Crippen LogP contribution in [0.2, 0.25) is 0 Å². The van der Waals surface area contributed by atoms with Crippen LogP contribution in [-0.2, 0) is 10.9 Å². The number of piperidine rings is 1. The van der Waals surface area contributed by atoms with Crippen LogP contribution in [0.5, 0.6) is 5.75 Å². The van der Waals surface area contributed by atoms with Gasteiger partial charge >= 0.3 is 18.9 Å². The lowest BCUT2D eigenvalue weighted by atomic mass is 10.1. The second-order valence-corrected chi connectivity index (χ2v) is 9.95. The van der Waals surface area contributed by atoms with Gasteiger partial charge in [-0.15, -0.1) is 0 Å². The molecule has 1 fully saturated rings. The molecule has 1 aliphatic rings. The Balaban J connectivity index is 1.54. The largest absolute Gasteiger partial charge is 0.444 e. The Hall–Kier alpha value is -3.97. The van der Waals surface area contributed by atoms with E-state index in [1.807, 2.05) is 0 Å². The second kappa shape index (κ2) is 10.7. The first-order chi connectivity index (χ1) is 18.2. The monoisotopic (exact) mass is 555 g/mol. The Morgan fingerprint density at radius 2 is 1.79 bits per heavy atom. The van der Waals surface area contributed by atoms with Crippen LogP contribution >= 0.6 is 0 Å². The maximum absolute atomic E-state index is 13.1. The minimum atomic E-state index is -4.77. The van der Waals surface area contributed by atoms with Crippen LogP contribution in [0.3, 0.4) is 0 Å². The fraction of sp³-hybridized carbons (Fsp3) is 0.440. The van der Waals surface area contributed by atoms with Crippen LogP contribution in [0.15, 0.2) is 36.5 Å². The lowest BCUT2D eigenvalue weighted by Gasteiger charge is -2.33. The lowest BCUT2D eigenvalue weighted by molar-refractivity contribution is -0.141. The molecule has 39 heavy (non-hydrogen) atoms. The molecule has 0 radical (unpaired) electrons. The van der Waals surface area contributed by atoms with Crippen LogP contribution < -0.4 is 10.1 Å². The van der Waals surface area contributed by atoms with Gasteiger partial charge in [0.15, 0.2) is 5.75 Å². The molecule has 9 nitrogen and oxygen atoms in total. The van der Waals surface area contributed by atoms with Gasteiger partial charge in [0.2, 0.25) is 0 Å². The predicted octanol–water partition coefficient (Wildman–Crippen LogP) is 5.88. The average Bonchev–Trinajstić information content (AvgIpc) is 3.25. The Morgan fingerprint density at radius 3 is 2.41 bits per heavy atom. The summed E-state index contributed by atoms with van der Waals surface area (Å²) >= 11 is 0. The van der Waals surface area contributed by atoms with E-state index in [0.717, 1.165) is 12.1 Å². The van der Waals surface area contributed by atoms with Gasteiger partial charge in [-0.25, -0.2) is 9.78 Å². The first-order valence-electron chi connectivity index (χ1n) is 12.0. The highest BCUT2D eigenvalue weighted by atomic mass is 19.4. The number of hydrogen-bond acceptors (Lipinski definition) is 6. The second-order valence-electron chi connectivity index (χ2n) is 9.95. The van der Waals surface area contributed by atoms with E-state index in [9.17, 15) is 31.5 Å². The summed E-state index contributed by atoms with van der Waals surface area (Å²) in [6.45, 7) is 2.98. The summed E-state index contributed by atoms with van der Waals surface area (Å²) in [4.78, 5) is 29.9. The molecule has 2 aromatic heterocycles. The maximum Gasteiger partial charge on any atom is 0.433 e. The first-order valence-corrected chi connectivity index (χ1v) is 12.0. The predicted molar refractivity (Wildman–Crippen MR) is 130 cm³/mol. The summed E-state index contributed by atoms with van der Waals surface area (Å²) in [6.07, 6.45) is -2.38. The number of halogens is 5. The summed E-state index contributed by atoms with van der Waals surface area (Å²) in [5, 5.41) is 7.23. The number of fused-ring (bicyclic) bond motifs is 1. The third-order valence-corrected chi connectivity index (χ3v) is 5.85. The number of carbonyl (C=O) groups is 2. The van der Waals surface area contributed by atoms with Gasteiger partial charge in [0.05, 0.1) is 17.2 Å². The number of hydrogen-bond donors (Lipinski definition) is 1. The van der Waals surface area contributed by atoms with Gasteiger partial charge in [-0.2, -0.15) is 27.1 Å². The van der Waals surface area contributed by atoms with Crippen molar-refractivity contribution in [3.63, 3.8) is 0 Å². The number of rotatable bonds is 5. The minimum Gasteiger partial charge on any atom is -0.444 e. The summed E-state index contributed by atoms with van der Waals surface area (Å²) in [5.41, 5.74) is -2.33. The zero-order valence-electron chi connectivity index (χ0n) is 21.3. The normalized spacial score (nSPS) is 15.1. The Bertz CT molecular complexity index is 1360. The van der Waals surface area contributed by atoms with E-state index in [-0.39, 0.29) is 11.7 Å². The van der Waals surface area contributed by atoms with Crippen LogP contribution in [0.1, 0.15) is 55.8 Å². The number of anilines is 1. The third kappa shape index (κ3) is 6.92. The van der Waals surface area contributed by atoms with Crippen molar-refractivity contribution in [3.05, 3.63) is 47.9 Å². The molecular formula is C25H26F5N5O4. The number of carbonyl (C=O) groups excluding carboxylic acids is 2. The molecule has 1 aromatic carbocycles. The van der Waals surface area contributed by atoms with Crippen molar-refractivity contribution in [2.45, 2.75) is 58.0 Å². The lowest BCUT2D eigenvalue weighted by Crippen LogP contribution is -2.42. The van der Waals surface area contributed by atoms with Gasteiger partial charge in [-0.3, -0.25) is 9.48 Å². The van der Waals surface area contributed by atoms with Crippen LogP contribution in [-0.4, -0.2) is 57.0 Å². The van der Waals surface area contributed by atoms with E-state index in [1.54, 1.807) is 36.5 Å². The molecular weight excluding hydrogens is 529 g/mol. The molecule has 1 N–H and O–H groups in total. The molecule has 3 aromatic rings. The van der Waals surface area contributed by atoms with E-state index in [0.29, 0.717) is 42.9 Å². The van der Waals surface area contributed by atoms with E-state index >= 15 is 0 Å². The number of nitrogens with one attached hydrogen (secondary N) is 1. The highest BCUT2D eigenvalue weighted by Gasteiger charge is 2.33. The number of pyridine rings is 1. The molecule has 4 rings (SSSR count). The van der Waals surface area contributed by atoms with Gasteiger partial charge in [-0.1, -0.05) is 6.07 Å². The molecule has 14 heteroatoms. The number of benzene rings is 1. The van der Waals surface area contributed by atoms with Crippen LogP contribution in [0.4, 0.5) is 32.4 Å². The highest BCUT2D eigenvalue weighted by Crippen LogP contribution is 2.34. The maximum atomic E-state index is 13.1. The molecule has 3 heterocycles. The molecule has 0 bridgehead atoms. The third-order valence-electron chi connectivity index (χ3n) is 5.85. The average molecular weight is 556 g/mol. The first kappa shape index (κ1) is 28.0. The fourth-order valence-electron chi connectivity index (χ4n) is 4.09. The van der Waals surface area contributed by atoms with Crippen molar-refractivity contribution in [3.8, 4) is 5.75 Å². The smallest absolute Gasteiger partial charge is 0.433 e. The Kier molecular flexibility index (Phi) is 7.66. The minimum absolute atomic E-state index is 0.0945. The molecule has 210 valence electrons. The molecule has 1 saturated heterocycles. The van der Waals surface area contributed by atoms with Crippen molar-refractivity contribution >= 4 is 28.6 Å². The summed E-state index contributed by atoms with van der Waals surface area (Å²) in [6, 6.07) is 5.26. The van der Waals surface area contributed by atoms with E-state index in [4.69, 9.17) is 4.74 Å². The van der Waals surface area contributed by atoms with Gasteiger partial charge in [-0.05, 0) is 51.8 Å². The zero-order valence-corrected chi connectivity index (χ0v) is 21.3. The van der Waals surface area contributed by atoms with Crippen molar-refractivity contribution in [2.24, 2.45) is 0 Å². The molecule has 2 amide bonds. The molecule has 0 saturated carbocycles. The van der Waals surface area contributed by atoms with Crippen molar-refractivity contribution in [1.29, 1.82) is 0 Å². The number of nitrogens with zero attached hydrogens (tertiary/aromatic N) is 4.